The van der Waals surface area contributed by atoms with Crippen LogP contribution in [-0.2, 0) is 13.1 Å². The molecule has 2 aliphatic rings. The third-order valence-corrected chi connectivity index (χ3v) is 5.44. The van der Waals surface area contributed by atoms with Crippen LogP contribution in [0.25, 0.3) is 0 Å². The first-order chi connectivity index (χ1) is 10.3. The fourth-order valence-corrected chi connectivity index (χ4v) is 4.11. The molecule has 3 heteroatoms. The van der Waals surface area contributed by atoms with Gasteiger partial charge < -0.3 is 5.32 Å². The lowest BCUT2D eigenvalue weighted by atomic mass is 9.68. The second kappa shape index (κ2) is 6.89. The highest BCUT2D eigenvalue weighted by atomic mass is 15.1. The molecule has 0 atom stereocenters. The standard InChI is InChI=1S/C18H29N3/c1-19-14-16-6-5-7-17(20-16)15-21-12-10-18(11-13-21)8-3-2-4-9-18/h5-7,19H,2-4,8-15H2,1H3. The van der Waals surface area contributed by atoms with Gasteiger partial charge in [0.15, 0.2) is 0 Å². The second-order valence-corrected chi connectivity index (χ2v) is 6.99. The topological polar surface area (TPSA) is 28.2 Å². The van der Waals surface area contributed by atoms with Gasteiger partial charge in [-0.25, -0.2) is 0 Å². The van der Waals surface area contributed by atoms with Gasteiger partial charge in [0.25, 0.3) is 0 Å². The molecule has 3 rings (SSSR count). The normalized spacial score (nSPS) is 22.5. The summed E-state index contributed by atoms with van der Waals surface area (Å²) in [6.07, 6.45) is 10.2. The summed E-state index contributed by atoms with van der Waals surface area (Å²) in [5.74, 6) is 0. The van der Waals surface area contributed by atoms with Crippen LogP contribution in [0, 0.1) is 5.41 Å². The van der Waals surface area contributed by atoms with Crippen molar-refractivity contribution >= 4 is 0 Å². The van der Waals surface area contributed by atoms with E-state index in [0.29, 0.717) is 5.41 Å². The van der Waals surface area contributed by atoms with Gasteiger partial charge in [-0.1, -0.05) is 25.3 Å². The number of nitrogens with zero attached hydrogens (tertiary/aromatic N) is 2. The van der Waals surface area contributed by atoms with Crippen molar-refractivity contribution in [2.75, 3.05) is 20.1 Å². The monoisotopic (exact) mass is 287 g/mol. The molecule has 0 aromatic carbocycles. The molecule has 0 bridgehead atoms. The number of pyridine rings is 1. The van der Waals surface area contributed by atoms with Gasteiger partial charge in [0.05, 0.1) is 11.4 Å². The molecule has 0 radical (unpaired) electrons. The molecule has 1 aromatic rings. The van der Waals surface area contributed by atoms with Crippen LogP contribution in [0.2, 0.25) is 0 Å². The maximum Gasteiger partial charge on any atom is 0.0547 e. The molecule has 2 heterocycles. The van der Waals surface area contributed by atoms with E-state index in [1.54, 1.807) is 0 Å². The summed E-state index contributed by atoms with van der Waals surface area (Å²) in [5.41, 5.74) is 3.08. The van der Waals surface area contributed by atoms with E-state index in [2.05, 4.69) is 28.4 Å². The van der Waals surface area contributed by atoms with E-state index in [0.717, 1.165) is 18.8 Å². The Morgan fingerprint density at radius 2 is 1.76 bits per heavy atom. The number of aromatic nitrogens is 1. The van der Waals surface area contributed by atoms with Gasteiger partial charge in [-0.2, -0.15) is 0 Å². The van der Waals surface area contributed by atoms with Crippen LogP contribution in [0.4, 0.5) is 0 Å². The largest absolute Gasteiger partial charge is 0.314 e. The fraction of sp³-hybridized carbons (Fsp3) is 0.722. The maximum atomic E-state index is 4.76. The van der Waals surface area contributed by atoms with Crippen LogP contribution < -0.4 is 5.32 Å². The van der Waals surface area contributed by atoms with Gasteiger partial charge in [0.1, 0.15) is 0 Å². The predicted molar refractivity (Wildman–Crippen MR) is 87.0 cm³/mol. The van der Waals surface area contributed by atoms with Crippen molar-refractivity contribution in [3.05, 3.63) is 29.6 Å². The Bertz CT molecular complexity index is 442. The minimum Gasteiger partial charge on any atom is -0.314 e. The lowest BCUT2D eigenvalue weighted by Gasteiger charge is -2.44. The van der Waals surface area contributed by atoms with E-state index in [1.165, 1.54) is 63.7 Å². The Morgan fingerprint density at radius 1 is 1.05 bits per heavy atom. The van der Waals surface area contributed by atoms with Gasteiger partial charge in [-0.3, -0.25) is 9.88 Å². The number of piperidine rings is 1. The number of likely N-dealkylation sites (tertiary alicyclic amines) is 1. The Hall–Kier alpha value is -0.930. The molecule has 1 aromatic heterocycles. The molecule has 1 spiro atoms. The third kappa shape index (κ3) is 3.83. The number of hydrogen-bond acceptors (Lipinski definition) is 3. The minimum absolute atomic E-state index is 0.705. The summed E-state index contributed by atoms with van der Waals surface area (Å²) in [7, 11) is 1.97. The molecule has 1 aliphatic heterocycles. The van der Waals surface area contributed by atoms with Crippen molar-refractivity contribution < 1.29 is 0 Å². The van der Waals surface area contributed by atoms with Gasteiger partial charge in [0, 0.05) is 13.1 Å². The van der Waals surface area contributed by atoms with Gasteiger partial charge in [-0.15, -0.1) is 0 Å². The van der Waals surface area contributed by atoms with Gasteiger partial charge in [0.2, 0.25) is 0 Å². The molecule has 1 saturated carbocycles. The number of hydrogen-bond donors (Lipinski definition) is 1. The van der Waals surface area contributed by atoms with Crippen molar-refractivity contribution in [2.24, 2.45) is 5.41 Å². The molecule has 1 aliphatic carbocycles. The predicted octanol–water partition coefficient (Wildman–Crippen LogP) is 3.35. The molecular formula is C18H29N3. The minimum atomic E-state index is 0.705. The van der Waals surface area contributed by atoms with Gasteiger partial charge >= 0.3 is 0 Å². The van der Waals surface area contributed by atoms with Crippen LogP contribution in [0.15, 0.2) is 18.2 Å². The second-order valence-electron chi connectivity index (χ2n) is 6.99. The maximum absolute atomic E-state index is 4.76. The van der Waals surface area contributed by atoms with E-state index < -0.39 is 0 Å². The molecule has 0 amide bonds. The van der Waals surface area contributed by atoms with Crippen LogP contribution >= 0.6 is 0 Å². The SMILES string of the molecule is CNCc1cccc(CN2CCC3(CCCCC3)CC2)n1. The van der Waals surface area contributed by atoms with Gasteiger partial charge in [-0.05, 0) is 63.4 Å². The first-order valence-corrected chi connectivity index (χ1v) is 8.61. The van der Waals surface area contributed by atoms with Crippen LogP contribution in [0.5, 0.6) is 0 Å². The summed E-state index contributed by atoms with van der Waals surface area (Å²) >= 11 is 0. The van der Waals surface area contributed by atoms with Crippen LogP contribution in [0.3, 0.4) is 0 Å². The zero-order valence-corrected chi connectivity index (χ0v) is 13.4. The molecule has 1 saturated heterocycles. The summed E-state index contributed by atoms with van der Waals surface area (Å²) < 4.78 is 0. The summed E-state index contributed by atoms with van der Waals surface area (Å²) in [6, 6.07) is 6.42. The Kier molecular flexibility index (Phi) is 4.91. The quantitative estimate of drug-likeness (QED) is 0.920. The zero-order chi connectivity index (χ0) is 14.5. The van der Waals surface area contributed by atoms with Crippen LogP contribution in [-0.4, -0.2) is 30.0 Å². The zero-order valence-electron chi connectivity index (χ0n) is 13.4. The van der Waals surface area contributed by atoms with E-state index in [1.807, 2.05) is 7.05 Å². The van der Waals surface area contributed by atoms with E-state index in [4.69, 9.17) is 4.98 Å². The number of rotatable bonds is 4. The van der Waals surface area contributed by atoms with Crippen molar-refractivity contribution in [1.29, 1.82) is 0 Å². The van der Waals surface area contributed by atoms with E-state index in [9.17, 15) is 0 Å². The molecule has 1 N–H and O–H groups in total. The smallest absolute Gasteiger partial charge is 0.0547 e. The summed E-state index contributed by atoms with van der Waals surface area (Å²) in [5, 5.41) is 3.18. The highest BCUT2D eigenvalue weighted by Crippen LogP contribution is 2.44. The highest BCUT2D eigenvalue weighted by Gasteiger charge is 2.35. The molecule has 0 unspecified atom stereocenters. The fourth-order valence-electron chi connectivity index (χ4n) is 4.11. The average Bonchev–Trinajstić information content (AvgIpc) is 2.52. The Balaban J connectivity index is 1.54. The lowest BCUT2D eigenvalue weighted by molar-refractivity contribution is 0.0635. The van der Waals surface area contributed by atoms with Crippen molar-refractivity contribution in [1.82, 2.24) is 15.2 Å². The van der Waals surface area contributed by atoms with Crippen molar-refractivity contribution in [3.8, 4) is 0 Å². The average molecular weight is 287 g/mol. The van der Waals surface area contributed by atoms with Crippen molar-refractivity contribution in [2.45, 2.75) is 58.0 Å². The lowest BCUT2D eigenvalue weighted by Crippen LogP contribution is -2.40. The molecule has 116 valence electrons. The Morgan fingerprint density at radius 3 is 2.48 bits per heavy atom. The summed E-state index contributed by atoms with van der Waals surface area (Å²) in [6.45, 7) is 4.40. The van der Waals surface area contributed by atoms with E-state index in [-0.39, 0.29) is 0 Å². The molecule has 2 fully saturated rings. The first-order valence-electron chi connectivity index (χ1n) is 8.61. The first kappa shape index (κ1) is 15.0. The van der Waals surface area contributed by atoms with Crippen LogP contribution in [0.1, 0.15) is 56.3 Å². The molecular weight excluding hydrogens is 258 g/mol. The molecule has 3 nitrogen and oxygen atoms in total. The highest BCUT2D eigenvalue weighted by molar-refractivity contribution is 5.11. The summed E-state index contributed by atoms with van der Waals surface area (Å²) in [4.78, 5) is 7.36. The Labute approximate surface area is 129 Å². The third-order valence-electron chi connectivity index (χ3n) is 5.44. The van der Waals surface area contributed by atoms with Crippen molar-refractivity contribution in [3.63, 3.8) is 0 Å². The van der Waals surface area contributed by atoms with E-state index >= 15 is 0 Å². The molecule has 21 heavy (non-hydrogen) atoms. The number of nitrogens with one attached hydrogen (secondary N) is 1.